The SMILES string of the molecule is COC(=O)C(F)CC1CCSC1. The Labute approximate surface area is 75.9 Å². The van der Waals surface area contributed by atoms with E-state index < -0.39 is 12.1 Å². The van der Waals surface area contributed by atoms with Gasteiger partial charge in [-0.25, -0.2) is 9.18 Å². The van der Waals surface area contributed by atoms with Crippen LogP contribution in [0.5, 0.6) is 0 Å². The fraction of sp³-hybridized carbons (Fsp3) is 0.875. The average molecular weight is 192 g/mol. The number of ether oxygens (including phenoxy) is 1. The molecule has 2 atom stereocenters. The zero-order chi connectivity index (χ0) is 8.97. The van der Waals surface area contributed by atoms with Crippen molar-refractivity contribution in [3.63, 3.8) is 0 Å². The first kappa shape index (κ1) is 9.84. The maximum Gasteiger partial charge on any atom is 0.340 e. The van der Waals surface area contributed by atoms with Crippen molar-refractivity contribution < 1.29 is 13.9 Å². The van der Waals surface area contributed by atoms with Crippen LogP contribution in [0.4, 0.5) is 4.39 Å². The van der Waals surface area contributed by atoms with Gasteiger partial charge in [-0.15, -0.1) is 0 Å². The smallest absolute Gasteiger partial charge is 0.340 e. The first-order chi connectivity index (χ1) is 5.74. The highest BCUT2D eigenvalue weighted by Crippen LogP contribution is 2.27. The summed E-state index contributed by atoms with van der Waals surface area (Å²) in [6.07, 6.45) is -0.0550. The standard InChI is InChI=1S/C8H13FO2S/c1-11-8(10)7(9)4-6-2-3-12-5-6/h6-7H,2-5H2,1H3. The molecule has 12 heavy (non-hydrogen) atoms. The molecule has 0 aromatic rings. The van der Waals surface area contributed by atoms with E-state index in [1.54, 1.807) is 0 Å². The lowest BCUT2D eigenvalue weighted by Crippen LogP contribution is -2.20. The number of halogens is 1. The number of alkyl halides is 1. The van der Waals surface area contributed by atoms with Crippen molar-refractivity contribution in [1.29, 1.82) is 0 Å². The number of carbonyl (C=O) groups is 1. The van der Waals surface area contributed by atoms with Crippen LogP contribution in [0.3, 0.4) is 0 Å². The third-order valence-corrected chi connectivity index (χ3v) is 3.25. The van der Waals surface area contributed by atoms with Gasteiger partial charge in [0, 0.05) is 0 Å². The van der Waals surface area contributed by atoms with E-state index in [4.69, 9.17) is 0 Å². The van der Waals surface area contributed by atoms with Crippen molar-refractivity contribution >= 4 is 17.7 Å². The summed E-state index contributed by atoms with van der Waals surface area (Å²) >= 11 is 1.82. The Morgan fingerprint density at radius 3 is 3.08 bits per heavy atom. The first-order valence-electron chi connectivity index (χ1n) is 4.03. The molecule has 2 nitrogen and oxygen atoms in total. The summed E-state index contributed by atoms with van der Waals surface area (Å²) < 4.78 is 17.3. The van der Waals surface area contributed by atoms with Gasteiger partial charge in [0.1, 0.15) is 0 Å². The summed E-state index contributed by atoms with van der Waals surface area (Å²) in [6, 6.07) is 0. The van der Waals surface area contributed by atoms with Crippen LogP contribution in [0.25, 0.3) is 0 Å². The lowest BCUT2D eigenvalue weighted by Gasteiger charge is -2.10. The number of thioether (sulfide) groups is 1. The zero-order valence-corrected chi connectivity index (χ0v) is 7.90. The van der Waals surface area contributed by atoms with Crippen molar-refractivity contribution in [3.8, 4) is 0 Å². The third-order valence-electron chi connectivity index (χ3n) is 2.02. The quantitative estimate of drug-likeness (QED) is 0.636. The van der Waals surface area contributed by atoms with E-state index in [-0.39, 0.29) is 0 Å². The van der Waals surface area contributed by atoms with E-state index in [0.717, 1.165) is 17.9 Å². The molecule has 0 bridgehead atoms. The third kappa shape index (κ3) is 2.66. The van der Waals surface area contributed by atoms with E-state index in [1.807, 2.05) is 11.8 Å². The fourth-order valence-electron chi connectivity index (χ4n) is 1.29. The van der Waals surface area contributed by atoms with Crippen molar-refractivity contribution in [1.82, 2.24) is 0 Å². The Morgan fingerprint density at radius 1 is 1.83 bits per heavy atom. The number of esters is 1. The van der Waals surface area contributed by atoms with E-state index in [0.29, 0.717) is 12.3 Å². The Kier molecular flexibility index (Phi) is 3.85. The number of hydrogen-bond donors (Lipinski definition) is 0. The molecule has 70 valence electrons. The topological polar surface area (TPSA) is 26.3 Å². The van der Waals surface area contributed by atoms with Crippen LogP contribution in [0.1, 0.15) is 12.8 Å². The van der Waals surface area contributed by atoms with Gasteiger partial charge in [0.15, 0.2) is 6.17 Å². The normalized spacial score (nSPS) is 25.3. The molecule has 0 aliphatic carbocycles. The van der Waals surface area contributed by atoms with Crippen LogP contribution in [0.2, 0.25) is 0 Å². The van der Waals surface area contributed by atoms with Crippen LogP contribution in [-0.2, 0) is 9.53 Å². The molecule has 1 fully saturated rings. The molecule has 2 unspecified atom stereocenters. The summed E-state index contributed by atoms with van der Waals surface area (Å²) in [5.74, 6) is 1.71. The number of carbonyl (C=O) groups excluding carboxylic acids is 1. The molecule has 1 saturated heterocycles. The molecule has 0 N–H and O–H groups in total. The molecule has 4 heteroatoms. The second kappa shape index (κ2) is 4.70. The highest BCUT2D eigenvalue weighted by atomic mass is 32.2. The van der Waals surface area contributed by atoms with Gasteiger partial charge in [0.05, 0.1) is 7.11 Å². The first-order valence-corrected chi connectivity index (χ1v) is 5.19. The molecular weight excluding hydrogens is 179 g/mol. The predicted octanol–water partition coefficient (Wildman–Crippen LogP) is 1.64. The predicted molar refractivity (Wildman–Crippen MR) is 47.0 cm³/mol. The summed E-state index contributed by atoms with van der Waals surface area (Å²) in [4.78, 5) is 10.7. The van der Waals surface area contributed by atoms with E-state index >= 15 is 0 Å². The summed E-state index contributed by atoms with van der Waals surface area (Å²) in [5.41, 5.74) is 0. The van der Waals surface area contributed by atoms with Crippen LogP contribution >= 0.6 is 11.8 Å². The molecule has 0 aromatic carbocycles. The van der Waals surface area contributed by atoms with Gasteiger partial charge in [0.2, 0.25) is 0 Å². The Hall–Kier alpha value is -0.250. The van der Waals surface area contributed by atoms with Gasteiger partial charge >= 0.3 is 5.97 Å². The summed E-state index contributed by atoms with van der Waals surface area (Å²) in [7, 11) is 1.22. The van der Waals surface area contributed by atoms with E-state index in [1.165, 1.54) is 7.11 Å². The van der Waals surface area contributed by atoms with Gasteiger partial charge in [-0.05, 0) is 30.3 Å². The van der Waals surface area contributed by atoms with Crippen LogP contribution in [0.15, 0.2) is 0 Å². The lowest BCUT2D eigenvalue weighted by atomic mass is 10.0. The molecule has 0 spiro atoms. The second-order valence-electron chi connectivity index (χ2n) is 2.96. The number of hydrogen-bond acceptors (Lipinski definition) is 3. The van der Waals surface area contributed by atoms with Gasteiger partial charge in [-0.3, -0.25) is 0 Å². The Balaban J connectivity index is 2.24. The largest absolute Gasteiger partial charge is 0.467 e. The minimum atomic E-state index is -1.42. The highest BCUT2D eigenvalue weighted by Gasteiger charge is 2.25. The molecular formula is C8H13FO2S. The number of rotatable bonds is 3. The minimum absolute atomic E-state index is 0.333. The van der Waals surface area contributed by atoms with Crippen molar-refractivity contribution in [3.05, 3.63) is 0 Å². The molecule has 0 amide bonds. The van der Waals surface area contributed by atoms with Gasteiger partial charge < -0.3 is 4.74 Å². The van der Waals surface area contributed by atoms with Crippen molar-refractivity contribution in [2.24, 2.45) is 5.92 Å². The monoisotopic (exact) mass is 192 g/mol. The maximum atomic E-state index is 13.0. The minimum Gasteiger partial charge on any atom is -0.467 e. The van der Waals surface area contributed by atoms with Gasteiger partial charge in [0.25, 0.3) is 0 Å². The number of methoxy groups -OCH3 is 1. The van der Waals surface area contributed by atoms with Crippen LogP contribution in [-0.4, -0.2) is 30.8 Å². The summed E-state index contributed by atoms with van der Waals surface area (Å²) in [6.45, 7) is 0. The second-order valence-corrected chi connectivity index (χ2v) is 4.11. The molecule has 1 aliphatic rings. The van der Waals surface area contributed by atoms with E-state index in [9.17, 15) is 9.18 Å². The van der Waals surface area contributed by atoms with Gasteiger partial charge in [-0.2, -0.15) is 11.8 Å². The summed E-state index contributed by atoms with van der Waals surface area (Å²) in [5, 5.41) is 0. The van der Waals surface area contributed by atoms with E-state index in [2.05, 4.69) is 4.74 Å². The average Bonchev–Trinajstić information content (AvgIpc) is 2.55. The van der Waals surface area contributed by atoms with Gasteiger partial charge in [-0.1, -0.05) is 0 Å². The molecule has 0 radical (unpaired) electrons. The molecule has 0 saturated carbocycles. The fourth-order valence-corrected chi connectivity index (χ4v) is 2.59. The molecule has 0 aromatic heterocycles. The lowest BCUT2D eigenvalue weighted by molar-refractivity contribution is -0.147. The zero-order valence-electron chi connectivity index (χ0n) is 7.09. The highest BCUT2D eigenvalue weighted by molar-refractivity contribution is 7.99. The van der Waals surface area contributed by atoms with Crippen molar-refractivity contribution in [2.45, 2.75) is 19.0 Å². The molecule has 1 rings (SSSR count). The molecule has 1 aliphatic heterocycles. The maximum absolute atomic E-state index is 13.0. The Morgan fingerprint density at radius 2 is 2.58 bits per heavy atom. The van der Waals surface area contributed by atoms with Crippen LogP contribution < -0.4 is 0 Å². The van der Waals surface area contributed by atoms with Crippen molar-refractivity contribution in [2.75, 3.05) is 18.6 Å². The molecule has 1 heterocycles. The Bertz CT molecular complexity index is 157. The van der Waals surface area contributed by atoms with Crippen LogP contribution in [0, 0.1) is 5.92 Å².